The maximum atomic E-state index is 12.3. The number of carbonyl (C=O) groups excluding carboxylic acids is 3. The van der Waals surface area contributed by atoms with E-state index in [1.54, 1.807) is 0 Å². The molecule has 7 heteroatoms. The largest absolute Gasteiger partial charge is 0.462 e. The van der Waals surface area contributed by atoms with Gasteiger partial charge in [-0.05, 0) is 12.8 Å². The van der Waals surface area contributed by atoms with E-state index in [-0.39, 0.29) is 19.0 Å². The highest BCUT2D eigenvalue weighted by Crippen LogP contribution is 2.14. The number of rotatable bonds is 2. The molecule has 2 N–H and O–H groups in total. The number of hydrogen-bond donors (Lipinski definition) is 2. The number of nitrogens with one attached hydrogen (secondary N) is 2. The van der Waals surface area contributed by atoms with E-state index in [1.807, 2.05) is 0 Å². The molecule has 1 saturated heterocycles. The summed E-state index contributed by atoms with van der Waals surface area (Å²) in [5.74, 6) is -0.739. The van der Waals surface area contributed by atoms with Gasteiger partial charge in [-0.15, -0.1) is 0 Å². The van der Waals surface area contributed by atoms with Crippen molar-refractivity contribution < 1.29 is 23.9 Å². The van der Waals surface area contributed by atoms with Gasteiger partial charge in [-0.3, -0.25) is 14.9 Å². The Morgan fingerprint density at radius 2 is 1.27 bits per heavy atom. The van der Waals surface area contributed by atoms with E-state index in [1.165, 1.54) is 71.1 Å². The van der Waals surface area contributed by atoms with Crippen molar-refractivity contribution in [3.63, 3.8) is 0 Å². The SMILES string of the molecule is CC1(OC=O)NCNC(=O)CCCCCCCCCCCCCCCCCOC1=O. The van der Waals surface area contributed by atoms with Crippen LogP contribution in [0.25, 0.3) is 0 Å². The van der Waals surface area contributed by atoms with Crippen molar-refractivity contribution in [1.82, 2.24) is 10.6 Å². The van der Waals surface area contributed by atoms with Gasteiger partial charge < -0.3 is 14.8 Å². The average molecular weight is 427 g/mol. The Morgan fingerprint density at radius 1 is 0.800 bits per heavy atom. The van der Waals surface area contributed by atoms with E-state index in [0.29, 0.717) is 13.0 Å². The predicted octanol–water partition coefficient (Wildman–Crippen LogP) is 4.34. The van der Waals surface area contributed by atoms with E-state index >= 15 is 0 Å². The fourth-order valence-corrected chi connectivity index (χ4v) is 3.65. The van der Waals surface area contributed by atoms with Crippen molar-refractivity contribution in [3.8, 4) is 0 Å². The lowest BCUT2D eigenvalue weighted by Gasteiger charge is -2.26. The fraction of sp³-hybridized carbons (Fsp3) is 0.870. The fourth-order valence-electron chi connectivity index (χ4n) is 3.65. The number of hydrogen-bond acceptors (Lipinski definition) is 6. The average Bonchev–Trinajstić information content (AvgIpc) is 2.72. The first-order valence-corrected chi connectivity index (χ1v) is 11.9. The first kappa shape index (κ1) is 26.4. The second kappa shape index (κ2) is 17.1. The molecule has 174 valence electrons. The summed E-state index contributed by atoms with van der Waals surface area (Å²) in [5.41, 5.74) is -1.61. The second-order valence-electron chi connectivity index (χ2n) is 8.39. The lowest BCUT2D eigenvalue weighted by atomic mass is 10.0. The quantitative estimate of drug-likeness (QED) is 0.504. The van der Waals surface area contributed by atoms with E-state index in [4.69, 9.17) is 9.47 Å². The molecule has 1 fully saturated rings. The van der Waals surface area contributed by atoms with Crippen LogP contribution in [0.5, 0.6) is 0 Å². The van der Waals surface area contributed by atoms with Gasteiger partial charge in [0, 0.05) is 13.3 Å². The first-order chi connectivity index (χ1) is 14.6. The number of cyclic esters (lactones) is 1. The molecule has 1 aliphatic rings. The van der Waals surface area contributed by atoms with Crippen LogP contribution in [-0.2, 0) is 23.9 Å². The highest BCUT2D eigenvalue weighted by molar-refractivity contribution is 5.80. The van der Waals surface area contributed by atoms with E-state index in [9.17, 15) is 14.4 Å². The monoisotopic (exact) mass is 426 g/mol. The van der Waals surface area contributed by atoms with E-state index in [2.05, 4.69) is 10.6 Å². The lowest BCUT2D eigenvalue weighted by Crippen LogP contribution is -2.55. The van der Waals surface area contributed by atoms with Gasteiger partial charge in [0.05, 0.1) is 13.3 Å². The molecule has 1 aliphatic heterocycles. The zero-order valence-corrected chi connectivity index (χ0v) is 18.8. The Bertz CT molecular complexity index is 486. The Hall–Kier alpha value is -1.63. The minimum atomic E-state index is -1.61. The predicted molar refractivity (Wildman–Crippen MR) is 117 cm³/mol. The molecule has 0 aromatic heterocycles. The number of carbonyl (C=O) groups is 3. The normalized spacial score (nSPS) is 25.9. The Kier molecular flexibility index (Phi) is 15.0. The van der Waals surface area contributed by atoms with Gasteiger partial charge in [0.1, 0.15) is 0 Å². The highest BCUT2D eigenvalue weighted by Gasteiger charge is 2.36. The maximum absolute atomic E-state index is 12.3. The number of amides is 1. The first-order valence-electron chi connectivity index (χ1n) is 11.9. The molecule has 7 nitrogen and oxygen atoms in total. The topological polar surface area (TPSA) is 93.7 Å². The molecule has 1 atom stereocenters. The molecular weight excluding hydrogens is 384 g/mol. The summed E-state index contributed by atoms with van der Waals surface area (Å²) in [4.78, 5) is 35.1. The van der Waals surface area contributed by atoms with Crippen LogP contribution in [0.1, 0.15) is 110 Å². The summed E-state index contributed by atoms with van der Waals surface area (Å²) in [7, 11) is 0. The molecule has 0 aliphatic carbocycles. The Balaban J connectivity index is 2.44. The lowest BCUT2D eigenvalue weighted by molar-refractivity contribution is -0.178. The second-order valence-corrected chi connectivity index (χ2v) is 8.39. The van der Waals surface area contributed by atoms with Gasteiger partial charge >= 0.3 is 5.97 Å². The van der Waals surface area contributed by atoms with Gasteiger partial charge in [0.25, 0.3) is 12.2 Å². The van der Waals surface area contributed by atoms with Crippen LogP contribution in [-0.4, -0.2) is 37.3 Å². The summed E-state index contributed by atoms with van der Waals surface area (Å²) in [6.45, 7) is 1.97. The summed E-state index contributed by atoms with van der Waals surface area (Å²) in [6, 6.07) is 0. The molecule has 1 unspecified atom stereocenters. The summed E-state index contributed by atoms with van der Waals surface area (Å²) in [6.07, 6.45) is 18.2. The molecule has 30 heavy (non-hydrogen) atoms. The van der Waals surface area contributed by atoms with Crippen molar-refractivity contribution in [3.05, 3.63) is 0 Å². The third-order valence-corrected chi connectivity index (χ3v) is 5.67. The highest BCUT2D eigenvalue weighted by atomic mass is 16.6. The Morgan fingerprint density at radius 3 is 1.77 bits per heavy atom. The van der Waals surface area contributed by atoms with Crippen molar-refractivity contribution in [2.45, 2.75) is 115 Å². The molecule has 1 rings (SSSR count). The van der Waals surface area contributed by atoms with Gasteiger partial charge in [-0.1, -0.05) is 83.5 Å². The zero-order chi connectivity index (χ0) is 21.9. The van der Waals surface area contributed by atoms with Gasteiger partial charge in [0.2, 0.25) is 5.91 Å². The van der Waals surface area contributed by atoms with Crippen molar-refractivity contribution in [2.75, 3.05) is 13.3 Å². The van der Waals surface area contributed by atoms with Gasteiger partial charge in [0.15, 0.2) is 0 Å². The Labute approximate surface area is 182 Å². The molecule has 0 aromatic carbocycles. The van der Waals surface area contributed by atoms with E-state index < -0.39 is 11.7 Å². The van der Waals surface area contributed by atoms with Gasteiger partial charge in [-0.2, -0.15) is 0 Å². The van der Waals surface area contributed by atoms with Crippen molar-refractivity contribution in [2.24, 2.45) is 0 Å². The molecule has 0 saturated carbocycles. The minimum Gasteiger partial charge on any atom is -0.462 e. The third kappa shape index (κ3) is 12.8. The third-order valence-electron chi connectivity index (χ3n) is 5.67. The molecule has 1 amide bonds. The molecule has 0 spiro atoms. The minimum absolute atomic E-state index is 0.0261. The summed E-state index contributed by atoms with van der Waals surface area (Å²) < 4.78 is 10.2. The summed E-state index contributed by atoms with van der Waals surface area (Å²) >= 11 is 0. The van der Waals surface area contributed by atoms with Crippen molar-refractivity contribution >= 4 is 18.3 Å². The molecule has 0 bridgehead atoms. The van der Waals surface area contributed by atoms with Crippen LogP contribution in [0.15, 0.2) is 0 Å². The molecule has 0 radical (unpaired) electrons. The number of esters is 1. The van der Waals surface area contributed by atoms with Gasteiger partial charge in [-0.25, -0.2) is 4.79 Å². The van der Waals surface area contributed by atoms with Crippen LogP contribution < -0.4 is 10.6 Å². The number of ether oxygens (including phenoxy) is 2. The smallest absolute Gasteiger partial charge is 0.366 e. The maximum Gasteiger partial charge on any atom is 0.366 e. The van der Waals surface area contributed by atoms with Crippen LogP contribution in [0.2, 0.25) is 0 Å². The molecular formula is C23H42N2O5. The summed E-state index contributed by atoms with van der Waals surface area (Å²) in [5, 5.41) is 5.48. The van der Waals surface area contributed by atoms with Crippen LogP contribution in [0, 0.1) is 0 Å². The van der Waals surface area contributed by atoms with Crippen molar-refractivity contribution in [1.29, 1.82) is 0 Å². The standard InChI is InChI=1S/C23H42N2O5/c1-23(30-20-26)22(28)29-18-16-14-12-10-8-6-4-2-3-5-7-9-11-13-15-17-21(27)24-19-25-23/h20,25H,2-19H2,1H3,(H,24,27). The van der Waals surface area contributed by atoms with Crippen LogP contribution >= 0.6 is 0 Å². The van der Waals surface area contributed by atoms with Crippen LogP contribution in [0.3, 0.4) is 0 Å². The van der Waals surface area contributed by atoms with Crippen LogP contribution in [0.4, 0.5) is 0 Å². The molecule has 1 heterocycles. The molecule has 0 aromatic rings. The zero-order valence-electron chi connectivity index (χ0n) is 18.8. The van der Waals surface area contributed by atoms with E-state index in [0.717, 1.165) is 32.1 Å².